The van der Waals surface area contributed by atoms with Crippen LogP contribution in [0.25, 0.3) is 0 Å². The Balaban J connectivity index is 1.39. The molecular formula is C27H32O5. The molecule has 2 saturated carbocycles. The van der Waals surface area contributed by atoms with Crippen LogP contribution in [0.5, 0.6) is 11.5 Å². The van der Waals surface area contributed by atoms with Crippen molar-refractivity contribution in [1.29, 1.82) is 0 Å². The number of esters is 1. The Morgan fingerprint density at radius 3 is 2.72 bits per heavy atom. The van der Waals surface area contributed by atoms with Gasteiger partial charge in [0.1, 0.15) is 11.5 Å². The molecule has 0 bridgehead atoms. The van der Waals surface area contributed by atoms with Crippen molar-refractivity contribution >= 4 is 5.97 Å². The quantitative estimate of drug-likeness (QED) is 0.496. The van der Waals surface area contributed by atoms with Crippen molar-refractivity contribution in [2.75, 3.05) is 0 Å². The number of aromatic hydroxyl groups is 1. The second-order valence-corrected chi connectivity index (χ2v) is 10.2. The molecule has 3 aliphatic rings. The summed E-state index contributed by atoms with van der Waals surface area (Å²) < 4.78 is 5.85. The number of rotatable bonds is 4. The fraction of sp³-hybridized carbons (Fsp3) is 0.519. The summed E-state index contributed by atoms with van der Waals surface area (Å²) >= 11 is 0. The average Bonchev–Trinajstić information content (AvgIpc) is 3.02. The molecule has 0 spiro atoms. The number of carbonyl (C=O) groups is 1. The zero-order chi connectivity index (χ0) is 22.5. The highest BCUT2D eigenvalue weighted by Crippen LogP contribution is 2.62. The van der Waals surface area contributed by atoms with Crippen molar-refractivity contribution in [2.45, 2.75) is 70.0 Å². The van der Waals surface area contributed by atoms with Crippen molar-refractivity contribution < 1.29 is 24.9 Å². The summed E-state index contributed by atoms with van der Waals surface area (Å²) in [5, 5.41) is 31.3. The number of aliphatic hydroxyl groups excluding tert-OH is 2. The van der Waals surface area contributed by atoms with E-state index in [0.29, 0.717) is 24.5 Å². The van der Waals surface area contributed by atoms with Crippen LogP contribution >= 0.6 is 0 Å². The normalized spacial score (nSPS) is 33.2. The lowest BCUT2D eigenvalue weighted by molar-refractivity contribution is -0.134. The highest BCUT2D eigenvalue weighted by atomic mass is 16.5. The van der Waals surface area contributed by atoms with E-state index in [-0.39, 0.29) is 35.4 Å². The SMILES string of the molecule is C[C@]12CC[C@@H]3c4c(cc(O)cc4OC(=O)CCc4ccccc4)CC[C@H]3[C@@H]1C[C@@H](O)[C@@H]2O. The molecule has 6 atom stereocenters. The summed E-state index contributed by atoms with van der Waals surface area (Å²) in [6.07, 6.45) is 3.65. The number of aliphatic hydroxyl groups is 2. The van der Waals surface area contributed by atoms with E-state index in [4.69, 9.17) is 4.74 Å². The van der Waals surface area contributed by atoms with Gasteiger partial charge in [-0.1, -0.05) is 37.3 Å². The second-order valence-electron chi connectivity index (χ2n) is 10.2. The molecule has 5 rings (SSSR count). The van der Waals surface area contributed by atoms with Crippen molar-refractivity contribution in [2.24, 2.45) is 17.3 Å². The van der Waals surface area contributed by atoms with Gasteiger partial charge in [-0.15, -0.1) is 0 Å². The summed E-state index contributed by atoms with van der Waals surface area (Å²) in [6, 6.07) is 13.2. The van der Waals surface area contributed by atoms with Crippen molar-refractivity contribution in [3.8, 4) is 11.5 Å². The number of fused-ring (bicyclic) bond motifs is 5. The standard InChI is InChI=1S/C27H32O5/c1-27-12-11-20-19(21(27)15-22(29)26(27)31)9-8-17-13-18(28)14-23(25(17)20)32-24(30)10-7-16-5-3-2-4-6-16/h2-6,13-14,19-22,26,28-29,31H,7-12,15H2,1H3/t19-,20+,21+,22-,26+,27+/m1/s1. The Bertz CT molecular complexity index is 1000. The number of hydrogen-bond donors (Lipinski definition) is 3. The summed E-state index contributed by atoms with van der Waals surface area (Å²) in [4.78, 5) is 12.7. The largest absolute Gasteiger partial charge is 0.508 e. The summed E-state index contributed by atoms with van der Waals surface area (Å²) in [5.41, 5.74) is 2.93. The van der Waals surface area contributed by atoms with Gasteiger partial charge in [0.25, 0.3) is 0 Å². The zero-order valence-electron chi connectivity index (χ0n) is 18.5. The molecule has 2 aromatic carbocycles. The van der Waals surface area contributed by atoms with E-state index in [1.165, 1.54) is 0 Å². The molecule has 0 aromatic heterocycles. The van der Waals surface area contributed by atoms with Crippen LogP contribution in [-0.4, -0.2) is 33.5 Å². The van der Waals surface area contributed by atoms with Gasteiger partial charge in [-0.2, -0.15) is 0 Å². The number of benzene rings is 2. The van der Waals surface area contributed by atoms with Gasteiger partial charge >= 0.3 is 5.97 Å². The Kier molecular flexibility index (Phi) is 5.50. The van der Waals surface area contributed by atoms with E-state index in [2.05, 4.69) is 6.92 Å². The van der Waals surface area contributed by atoms with Crippen LogP contribution in [0.3, 0.4) is 0 Å². The summed E-state index contributed by atoms with van der Waals surface area (Å²) in [7, 11) is 0. The van der Waals surface area contributed by atoms with Crippen LogP contribution in [0, 0.1) is 17.3 Å². The first-order chi connectivity index (χ1) is 15.4. The third-order valence-electron chi connectivity index (χ3n) is 8.42. The van der Waals surface area contributed by atoms with E-state index in [0.717, 1.165) is 42.4 Å². The van der Waals surface area contributed by atoms with Crippen LogP contribution in [0.15, 0.2) is 42.5 Å². The molecule has 0 heterocycles. The molecule has 0 aliphatic heterocycles. The third-order valence-corrected chi connectivity index (χ3v) is 8.42. The van der Waals surface area contributed by atoms with Crippen LogP contribution in [0.2, 0.25) is 0 Å². The fourth-order valence-corrected chi connectivity index (χ4v) is 6.80. The summed E-state index contributed by atoms with van der Waals surface area (Å²) in [6.45, 7) is 2.12. The van der Waals surface area contributed by atoms with Gasteiger partial charge < -0.3 is 20.1 Å². The second kappa shape index (κ2) is 8.20. The molecule has 5 nitrogen and oxygen atoms in total. The lowest BCUT2D eigenvalue weighted by atomic mass is 9.55. The van der Waals surface area contributed by atoms with Gasteiger partial charge in [0.15, 0.2) is 0 Å². The maximum absolute atomic E-state index is 12.7. The monoisotopic (exact) mass is 436 g/mol. The predicted molar refractivity (Wildman–Crippen MR) is 121 cm³/mol. The van der Waals surface area contributed by atoms with Gasteiger partial charge in [0.05, 0.1) is 12.2 Å². The smallest absolute Gasteiger partial charge is 0.311 e. The molecule has 0 radical (unpaired) electrons. The van der Waals surface area contributed by atoms with E-state index in [9.17, 15) is 20.1 Å². The fourth-order valence-electron chi connectivity index (χ4n) is 6.80. The van der Waals surface area contributed by atoms with Crippen LogP contribution in [0.1, 0.15) is 61.6 Å². The number of phenolic OH excluding ortho intramolecular Hbond substituents is 1. The van der Waals surface area contributed by atoms with Gasteiger partial charge in [-0.25, -0.2) is 0 Å². The van der Waals surface area contributed by atoms with Crippen molar-refractivity contribution in [3.63, 3.8) is 0 Å². The molecule has 0 saturated heterocycles. The number of hydrogen-bond acceptors (Lipinski definition) is 5. The number of aryl methyl sites for hydroxylation is 2. The van der Waals surface area contributed by atoms with E-state index in [1.807, 2.05) is 30.3 Å². The van der Waals surface area contributed by atoms with Gasteiger partial charge in [-0.05, 0) is 78.9 Å². The molecular weight excluding hydrogens is 404 g/mol. The minimum absolute atomic E-state index is 0.125. The van der Waals surface area contributed by atoms with Crippen molar-refractivity contribution in [1.82, 2.24) is 0 Å². The highest BCUT2D eigenvalue weighted by molar-refractivity contribution is 5.74. The molecule has 2 fully saturated rings. The predicted octanol–water partition coefficient (Wildman–Crippen LogP) is 4.12. The molecule has 2 aromatic rings. The molecule has 0 unspecified atom stereocenters. The Morgan fingerprint density at radius 1 is 1.16 bits per heavy atom. The topological polar surface area (TPSA) is 87.0 Å². The Labute approximate surface area is 189 Å². The molecule has 5 heteroatoms. The third kappa shape index (κ3) is 3.61. The highest BCUT2D eigenvalue weighted by Gasteiger charge is 2.58. The van der Waals surface area contributed by atoms with E-state index < -0.39 is 12.2 Å². The van der Waals surface area contributed by atoms with E-state index in [1.54, 1.807) is 12.1 Å². The van der Waals surface area contributed by atoms with Gasteiger partial charge in [0, 0.05) is 18.1 Å². The first-order valence-corrected chi connectivity index (χ1v) is 11.8. The first-order valence-electron chi connectivity index (χ1n) is 11.8. The number of ether oxygens (including phenoxy) is 1. The van der Waals surface area contributed by atoms with E-state index >= 15 is 0 Å². The van der Waals surface area contributed by atoms with Gasteiger partial charge in [0.2, 0.25) is 0 Å². The van der Waals surface area contributed by atoms with Crippen molar-refractivity contribution in [3.05, 3.63) is 59.2 Å². The van der Waals surface area contributed by atoms with Crippen LogP contribution in [-0.2, 0) is 17.6 Å². The van der Waals surface area contributed by atoms with Crippen LogP contribution in [0.4, 0.5) is 0 Å². The van der Waals surface area contributed by atoms with Gasteiger partial charge in [-0.3, -0.25) is 4.79 Å². The number of phenols is 1. The molecule has 32 heavy (non-hydrogen) atoms. The average molecular weight is 437 g/mol. The Hall–Kier alpha value is -2.37. The summed E-state index contributed by atoms with van der Waals surface area (Å²) in [5.74, 6) is 1.10. The minimum Gasteiger partial charge on any atom is -0.508 e. The maximum Gasteiger partial charge on any atom is 0.311 e. The Morgan fingerprint density at radius 2 is 1.94 bits per heavy atom. The maximum atomic E-state index is 12.7. The minimum atomic E-state index is -0.676. The zero-order valence-corrected chi connectivity index (χ0v) is 18.5. The molecule has 0 amide bonds. The van der Waals surface area contributed by atoms with Crippen LogP contribution < -0.4 is 4.74 Å². The lowest BCUT2D eigenvalue weighted by Crippen LogP contribution is -2.45. The molecule has 170 valence electrons. The first kappa shape index (κ1) is 21.5. The molecule has 3 N–H and O–H groups in total. The molecule has 3 aliphatic carbocycles. The lowest BCUT2D eigenvalue weighted by Gasteiger charge is -2.50. The number of carbonyl (C=O) groups excluding carboxylic acids is 1.